The van der Waals surface area contributed by atoms with E-state index in [9.17, 15) is 4.39 Å². The fraction of sp³-hybridized carbons (Fsp3) is 1.00. The summed E-state index contributed by atoms with van der Waals surface area (Å²) in [6.07, 6.45) is 2.29. The summed E-state index contributed by atoms with van der Waals surface area (Å²) in [7, 11) is 1.94. The van der Waals surface area contributed by atoms with Crippen LogP contribution in [0.25, 0.3) is 0 Å². The molecule has 2 nitrogen and oxygen atoms in total. The third-order valence-corrected chi connectivity index (χ3v) is 1.30. The molecule has 0 spiro atoms. The van der Waals surface area contributed by atoms with Crippen molar-refractivity contribution in [3.63, 3.8) is 0 Å². The highest BCUT2D eigenvalue weighted by Crippen LogP contribution is 1.82. The number of hydrogen-bond donors (Lipinski definition) is 2. The highest BCUT2D eigenvalue weighted by molar-refractivity contribution is 4.48. The average Bonchev–Trinajstić information content (AvgIpc) is 1.97. The molecule has 0 heterocycles. The molecule has 0 aromatic heterocycles. The van der Waals surface area contributed by atoms with Crippen molar-refractivity contribution in [2.45, 2.75) is 12.8 Å². The summed E-state index contributed by atoms with van der Waals surface area (Å²) in [5.41, 5.74) is 0. The Labute approximate surface area is 62.2 Å². The van der Waals surface area contributed by atoms with Gasteiger partial charge in [0, 0.05) is 6.54 Å². The number of halogens is 1. The Bertz CT molecular complexity index is 51.6. The summed E-state index contributed by atoms with van der Waals surface area (Å²) >= 11 is 0. The fourth-order valence-corrected chi connectivity index (χ4v) is 0.744. The van der Waals surface area contributed by atoms with Crippen LogP contribution >= 0.6 is 0 Å². The molecule has 62 valence electrons. The molecule has 0 fully saturated rings. The molecule has 0 rings (SSSR count). The Kier molecular flexibility index (Phi) is 8.72. The lowest BCUT2D eigenvalue weighted by molar-refractivity contribution is 0.463. The fourth-order valence-electron chi connectivity index (χ4n) is 0.744. The van der Waals surface area contributed by atoms with Gasteiger partial charge in [-0.1, -0.05) is 0 Å². The van der Waals surface area contributed by atoms with Crippen molar-refractivity contribution in [2.75, 3.05) is 33.4 Å². The molecule has 0 radical (unpaired) electrons. The van der Waals surface area contributed by atoms with Crippen molar-refractivity contribution < 1.29 is 4.39 Å². The van der Waals surface area contributed by atoms with Crippen molar-refractivity contribution in [2.24, 2.45) is 0 Å². The van der Waals surface area contributed by atoms with Crippen molar-refractivity contribution in [1.82, 2.24) is 10.6 Å². The number of hydrogen-bond acceptors (Lipinski definition) is 2. The second kappa shape index (κ2) is 8.85. The zero-order chi connectivity index (χ0) is 7.66. The molecule has 0 saturated heterocycles. The zero-order valence-electron chi connectivity index (χ0n) is 6.62. The highest BCUT2D eigenvalue weighted by Gasteiger charge is 1.86. The number of unbranched alkanes of at least 4 members (excludes halogenated alkanes) is 1. The molecule has 0 aliphatic carbocycles. The maximum atomic E-state index is 11.5. The van der Waals surface area contributed by atoms with Crippen LogP contribution in [-0.2, 0) is 0 Å². The second-order valence-corrected chi connectivity index (χ2v) is 2.25. The van der Waals surface area contributed by atoms with E-state index < -0.39 is 0 Å². The van der Waals surface area contributed by atoms with Gasteiger partial charge >= 0.3 is 0 Å². The van der Waals surface area contributed by atoms with Crippen LogP contribution in [0.2, 0.25) is 0 Å². The van der Waals surface area contributed by atoms with Gasteiger partial charge in [-0.2, -0.15) is 0 Å². The van der Waals surface area contributed by atoms with E-state index in [0.29, 0.717) is 6.54 Å². The second-order valence-electron chi connectivity index (χ2n) is 2.25. The molecule has 0 bridgehead atoms. The first-order valence-corrected chi connectivity index (χ1v) is 3.83. The molecule has 3 heteroatoms. The minimum Gasteiger partial charge on any atom is -0.320 e. The van der Waals surface area contributed by atoms with Crippen molar-refractivity contribution in [3.05, 3.63) is 0 Å². The molecule has 0 aromatic rings. The van der Waals surface area contributed by atoms with Crippen LogP contribution in [0.15, 0.2) is 0 Å². The van der Waals surface area contributed by atoms with Gasteiger partial charge in [0.1, 0.15) is 6.67 Å². The maximum Gasteiger partial charge on any atom is 0.102 e. The first-order valence-electron chi connectivity index (χ1n) is 3.83. The molecule has 2 N–H and O–H groups in total. The van der Waals surface area contributed by atoms with Crippen LogP contribution < -0.4 is 10.6 Å². The predicted molar refractivity (Wildman–Crippen MR) is 42.0 cm³/mol. The van der Waals surface area contributed by atoms with E-state index in [-0.39, 0.29) is 6.67 Å². The Hall–Kier alpha value is -0.150. The highest BCUT2D eigenvalue weighted by atomic mass is 19.1. The van der Waals surface area contributed by atoms with Gasteiger partial charge in [0.15, 0.2) is 0 Å². The summed E-state index contributed by atoms with van der Waals surface area (Å²) in [6.45, 7) is 2.23. The Balaban J connectivity index is 2.65. The van der Waals surface area contributed by atoms with Crippen LogP contribution in [0, 0.1) is 0 Å². The summed E-state index contributed by atoms with van der Waals surface area (Å²) in [5.74, 6) is 0. The van der Waals surface area contributed by atoms with Gasteiger partial charge in [-0.25, -0.2) is 4.39 Å². The van der Waals surface area contributed by atoms with Gasteiger partial charge in [0.05, 0.1) is 0 Å². The maximum absolute atomic E-state index is 11.5. The average molecular weight is 148 g/mol. The molecule has 0 saturated carbocycles. The van der Waals surface area contributed by atoms with E-state index in [4.69, 9.17) is 0 Å². The first-order chi connectivity index (χ1) is 4.91. The minimum absolute atomic E-state index is 0.258. The van der Waals surface area contributed by atoms with E-state index in [1.165, 1.54) is 0 Å². The first kappa shape index (κ1) is 9.85. The zero-order valence-corrected chi connectivity index (χ0v) is 6.62. The van der Waals surface area contributed by atoms with E-state index in [2.05, 4.69) is 10.6 Å². The summed E-state index contributed by atoms with van der Waals surface area (Å²) in [4.78, 5) is 0. The normalized spacial score (nSPS) is 10.2. The summed E-state index contributed by atoms with van der Waals surface area (Å²) in [6, 6.07) is 0. The van der Waals surface area contributed by atoms with Crippen LogP contribution in [0.4, 0.5) is 4.39 Å². The summed E-state index contributed by atoms with van der Waals surface area (Å²) in [5, 5.41) is 6.05. The van der Waals surface area contributed by atoms with Crippen molar-refractivity contribution in [1.29, 1.82) is 0 Å². The van der Waals surface area contributed by atoms with E-state index >= 15 is 0 Å². The lowest BCUT2D eigenvalue weighted by Gasteiger charge is -2.00. The molecular weight excluding hydrogens is 131 g/mol. The van der Waals surface area contributed by atoms with Gasteiger partial charge < -0.3 is 10.6 Å². The van der Waals surface area contributed by atoms with Gasteiger partial charge in [-0.15, -0.1) is 0 Å². The Morgan fingerprint density at radius 3 is 2.40 bits per heavy atom. The minimum atomic E-state index is -0.258. The van der Waals surface area contributed by atoms with E-state index in [1.807, 2.05) is 7.05 Å². The number of nitrogens with one attached hydrogen (secondary N) is 2. The van der Waals surface area contributed by atoms with Crippen molar-refractivity contribution >= 4 is 0 Å². The lowest BCUT2D eigenvalue weighted by atomic mass is 10.3. The Morgan fingerprint density at radius 1 is 1.10 bits per heavy atom. The third kappa shape index (κ3) is 7.85. The molecule has 0 aliphatic rings. The summed E-state index contributed by atoms with van der Waals surface area (Å²) < 4.78 is 11.5. The van der Waals surface area contributed by atoms with Crippen LogP contribution in [0.5, 0.6) is 0 Å². The predicted octanol–water partition coefficient (Wildman–Crippen LogP) is 0.545. The molecular formula is C7H17FN2. The molecule has 0 unspecified atom stereocenters. The standard InChI is InChI=1S/C7H17FN2/c1-9-5-2-3-6-10-7-4-8/h9-10H,2-7H2,1H3. The monoisotopic (exact) mass is 148 g/mol. The van der Waals surface area contributed by atoms with Crippen LogP contribution in [-0.4, -0.2) is 33.4 Å². The van der Waals surface area contributed by atoms with E-state index in [1.54, 1.807) is 0 Å². The molecule has 0 aliphatic heterocycles. The topological polar surface area (TPSA) is 24.1 Å². The smallest absolute Gasteiger partial charge is 0.102 e. The number of alkyl halides is 1. The number of rotatable bonds is 7. The largest absolute Gasteiger partial charge is 0.320 e. The lowest BCUT2D eigenvalue weighted by Crippen LogP contribution is -2.19. The van der Waals surface area contributed by atoms with Gasteiger partial charge in [0.2, 0.25) is 0 Å². The van der Waals surface area contributed by atoms with Crippen molar-refractivity contribution in [3.8, 4) is 0 Å². The molecule has 0 atom stereocenters. The van der Waals surface area contributed by atoms with Gasteiger partial charge in [0.25, 0.3) is 0 Å². The van der Waals surface area contributed by atoms with Gasteiger partial charge in [-0.05, 0) is 33.0 Å². The molecule has 0 aromatic carbocycles. The SMILES string of the molecule is CNCCCCNCCF. The van der Waals surface area contributed by atoms with E-state index in [0.717, 1.165) is 25.9 Å². The molecule has 10 heavy (non-hydrogen) atoms. The third-order valence-electron chi connectivity index (χ3n) is 1.30. The Morgan fingerprint density at radius 2 is 1.80 bits per heavy atom. The van der Waals surface area contributed by atoms with Gasteiger partial charge in [-0.3, -0.25) is 0 Å². The van der Waals surface area contributed by atoms with Crippen LogP contribution in [0.1, 0.15) is 12.8 Å². The quantitative estimate of drug-likeness (QED) is 0.515. The molecule has 0 amide bonds. The van der Waals surface area contributed by atoms with Crippen LogP contribution in [0.3, 0.4) is 0 Å².